The van der Waals surface area contributed by atoms with Crippen molar-refractivity contribution in [1.82, 2.24) is 9.80 Å². The van der Waals surface area contributed by atoms with Gasteiger partial charge in [-0.3, -0.25) is 9.80 Å². The van der Waals surface area contributed by atoms with Gasteiger partial charge in [-0.25, -0.2) is 4.79 Å². The van der Waals surface area contributed by atoms with E-state index in [1.165, 1.54) is 14.2 Å². The minimum absolute atomic E-state index is 0.288. The summed E-state index contributed by atoms with van der Waals surface area (Å²) in [6.07, 6.45) is 0. The Hall–Kier alpha value is -1.91. The number of hydrogen-bond donors (Lipinski definition) is 0. The molecule has 9 heteroatoms. The predicted molar refractivity (Wildman–Crippen MR) is 121 cm³/mol. The van der Waals surface area contributed by atoms with E-state index >= 15 is 0 Å². The van der Waals surface area contributed by atoms with Gasteiger partial charge in [-0.1, -0.05) is 6.07 Å². The highest BCUT2D eigenvalue weighted by Gasteiger charge is 2.32. The van der Waals surface area contributed by atoms with Gasteiger partial charge in [0.15, 0.2) is 11.5 Å². The molecule has 0 radical (unpaired) electrons. The maximum Gasteiger partial charge on any atom is 0.330 e. The van der Waals surface area contributed by atoms with E-state index in [-0.39, 0.29) is 11.7 Å². The van der Waals surface area contributed by atoms with Crippen molar-refractivity contribution in [2.45, 2.75) is 19.9 Å². The highest BCUT2D eigenvalue weighted by Crippen LogP contribution is 2.37. The molecule has 1 saturated heterocycles. The monoisotopic (exact) mass is 454 g/mol. The van der Waals surface area contributed by atoms with Gasteiger partial charge in [-0.2, -0.15) is 0 Å². The van der Waals surface area contributed by atoms with Gasteiger partial charge < -0.3 is 28.4 Å². The van der Waals surface area contributed by atoms with Crippen LogP contribution in [0, 0.1) is 0 Å². The fourth-order valence-corrected chi connectivity index (χ4v) is 3.53. The number of hydrogen-bond acceptors (Lipinski definition) is 9. The van der Waals surface area contributed by atoms with Gasteiger partial charge in [0, 0.05) is 45.9 Å². The molecule has 1 aliphatic rings. The van der Waals surface area contributed by atoms with Gasteiger partial charge in [0.05, 0.1) is 40.6 Å². The van der Waals surface area contributed by atoms with Gasteiger partial charge in [0.1, 0.15) is 6.04 Å². The molecule has 0 aliphatic carbocycles. The van der Waals surface area contributed by atoms with E-state index in [4.69, 9.17) is 28.4 Å². The standard InChI is InChI=1S/C23H38N2O7/c1-5-29-14-10-24(11-15-30-6-2)18-19(25-12-16-31-17-13-25)23(26)32-22-20(27-3)8-7-9-21(22)28-4/h7-9,19H,5-6,10-18H2,1-4H3. The van der Waals surface area contributed by atoms with E-state index in [1.807, 2.05) is 13.8 Å². The maximum absolute atomic E-state index is 13.4. The Labute approximate surface area is 191 Å². The van der Waals surface area contributed by atoms with Crippen LogP contribution in [0.5, 0.6) is 17.2 Å². The number of para-hydroxylation sites is 1. The molecule has 1 unspecified atom stereocenters. The molecule has 2 rings (SSSR count). The third kappa shape index (κ3) is 8.22. The van der Waals surface area contributed by atoms with Crippen LogP contribution in [0.15, 0.2) is 18.2 Å². The Bertz CT molecular complexity index is 635. The first-order valence-electron chi connectivity index (χ1n) is 11.3. The molecule has 0 bridgehead atoms. The summed E-state index contributed by atoms with van der Waals surface area (Å²) in [5.41, 5.74) is 0. The lowest BCUT2D eigenvalue weighted by molar-refractivity contribution is -0.143. The van der Waals surface area contributed by atoms with Crippen LogP contribution in [0.2, 0.25) is 0 Å². The van der Waals surface area contributed by atoms with Crippen LogP contribution in [-0.2, 0) is 19.0 Å². The van der Waals surface area contributed by atoms with Crippen LogP contribution < -0.4 is 14.2 Å². The van der Waals surface area contributed by atoms with E-state index in [1.54, 1.807) is 18.2 Å². The Morgan fingerprint density at radius 3 is 2.09 bits per heavy atom. The van der Waals surface area contributed by atoms with Crippen molar-refractivity contribution in [2.75, 3.05) is 86.6 Å². The highest BCUT2D eigenvalue weighted by atomic mass is 16.6. The zero-order valence-electron chi connectivity index (χ0n) is 19.8. The Morgan fingerprint density at radius 2 is 1.59 bits per heavy atom. The smallest absolute Gasteiger partial charge is 0.330 e. The summed E-state index contributed by atoms with van der Waals surface area (Å²) in [5, 5.41) is 0. The molecule has 182 valence electrons. The van der Waals surface area contributed by atoms with Gasteiger partial charge in [0.2, 0.25) is 5.75 Å². The largest absolute Gasteiger partial charge is 0.493 e. The molecule has 1 aliphatic heterocycles. The second-order valence-electron chi connectivity index (χ2n) is 7.27. The predicted octanol–water partition coefficient (Wildman–Crippen LogP) is 1.69. The Morgan fingerprint density at radius 1 is 1.03 bits per heavy atom. The maximum atomic E-state index is 13.4. The van der Waals surface area contributed by atoms with Crippen LogP contribution in [0.4, 0.5) is 0 Å². The molecule has 1 atom stereocenters. The molecule has 1 aromatic rings. The van der Waals surface area contributed by atoms with Gasteiger partial charge in [0.25, 0.3) is 0 Å². The Kier molecular flexibility index (Phi) is 12.4. The van der Waals surface area contributed by atoms with Crippen molar-refractivity contribution in [2.24, 2.45) is 0 Å². The minimum Gasteiger partial charge on any atom is -0.493 e. The molecule has 0 spiro atoms. The quantitative estimate of drug-likeness (QED) is 0.223. The lowest BCUT2D eigenvalue weighted by Crippen LogP contribution is -2.54. The van der Waals surface area contributed by atoms with E-state index in [0.717, 1.165) is 0 Å². The summed E-state index contributed by atoms with van der Waals surface area (Å²) in [5.74, 6) is 0.828. The van der Waals surface area contributed by atoms with Crippen molar-refractivity contribution >= 4 is 5.97 Å². The molecule has 0 saturated carbocycles. The molecule has 1 heterocycles. The summed E-state index contributed by atoms with van der Waals surface area (Å²) >= 11 is 0. The van der Waals surface area contributed by atoms with Crippen molar-refractivity contribution in [1.29, 1.82) is 0 Å². The second kappa shape index (κ2) is 15.0. The zero-order chi connectivity index (χ0) is 23.2. The van der Waals surface area contributed by atoms with E-state index in [0.29, 0.717) is 83.9 Å². The number of rotatable bonds is 15. The second-order valence-corrected chi connectivity index (χ2v) is 7.27. The molecular weight excluding hydrogens is 416 g/mol. The fourth-order valence-electron chi connectivity index (χ4n) is 3.53. The van der Waals surface area contributed by atoms with Crippen molar-refractivity contribution < 1.29 is 33.2 Å². The fraction of sp³-hybridized carbons (Fsp3) is 0.696. The molecule has 1 fully saturated rings. The summed E-state index contributed by atoms with van der Waals surface area (Å²) in [4.78, 5) is 17.7. The lowest BCUT2D eigenvalue weighted by Gasteiger charge is -2.36. The molecule has 0 aromatic heterocycles. The number of benzene rings is 1. The summed E-state index contributed by atoms with van der Waals surface area (Å²) in [7, 11) is 3.07. The first-order chi connectivity index (χ1) is 15.6. The number of nitrogens with zero attached hydrogens (tertiary/aromatic N) is 2. The molecule has 9 nitrogen and oxygen atoms in total. The third-order valence-electron chi connectivity index (χ3n) is 5.29. The van der Waals surface area contributed by atoms with Crippen molar-refractivity contribution in [3.63, 3.8) is 0 Å². The lowest BCUT2D eigenvalue weighted by atomic mass is 10.2. The first kappa shape index (κ1) is 26.3. The highest BCUT2D eigenvalue weighted by molar-refractivity contribution is 5.80. The van der Waals surface area contributed by atoms with Crippen LogP contribution in [0.25, 0.3) is 0 Å². The SMILES string of the molecule is CCOCCN(CCOCC)CC(C(=O)Oc1c(OC)cccc1OC)N1CCOCC1. The van der Waals surface area contributed by atoms with Crippen LogP contribution in [0.1, 0.15) is 13.8 Å². The topological polar surface area (TPSA) is 78.9 Å². The van der Waals surface area contributed by atoms with E-state index in [9.17, 15) is 4.79 Å². The molecule has 1 aromatic carbocycles. The number of carbonyl (C=O) groups is 1. The summed E-state index contributed by atoms with van der Waals surface area (Å²) < 4.78 is 33.2. The summed E-state index contributed by atoms with van der Waals surface area (Å²) in [6.45, 7) is 10.8. The average molecular weight is 455 g/mol. The van der Waals surface area contributed by atoms with Crippen LogP contribution in [0.3, 0.4) is 0 Å². The van der Waals surface area contributed by atoms with Gasteiger partial charge >= 0.3 is 5.97 Å². The van der Waals surface area contributed by atoms with Crippen molar-refractivity contribution in [3.8, 4) is 17.2 Å². The van der Waals surface area contributed by atoms with Crippen LogP contribution >= 0.6 is 0 Å². The molecule has 0 amide bonds. The molecule has 32 heavy (non-hydrogen) atoms. The number of ether oxygens (including phenoxy) is 6. The first-order valence-corrected chi connectivity index (χ1v) is 11.3. The van der Waals surface area contributed by atoms with Gasteiger partial charge in [-0.15, -0.1) is 0 Å². The number of morpholine rings is 1. The summed E-state index contributed by atoms with van der Waals surface area (Å²) in [6, 6.07) is 4.80. The number of methoxy groups -OCH3 is 2. The minimum atomic E-state index is -0.475. The van der Waals surface area contributed by atoms with Crippen molar-refractivity contribution in [3.05, 3.63) is 18.2 Å². The zero-order valence-corrected chi connectivity index (χ0v) is 19.8. The third-order valence-corrected chi connectivity index (χ3v) is 5.29. The molecular formula is C23H38N2O7. The van der Waals surface area contributed by atoms with E-state index < -0.39 is 6.04 Å². The Balaban J connectivity index is 2.20. The normalized spacial score (nSPS) is 15.5. The van der Waals surface area contributed by atoms with Crippen LogP contribution in [-0.4, -0.2) is 108 Å². The average Bonchev–Trinajstić information content (AvgIpc) is 2.82. The van der Waals surface area contributed by atoms with Gasteiger partial charge in [-0.05, 0) is 26.0 Å². The number of carbonyl (C=O) groups excluding carboxylic acids is 1. The number of esters is 1. The van der Waals surface area contributed by atoms with E-state index in [2.05, 4.69) is 9.80 Å². The molecule has 0 N–H and O–H groups in total.